The molecule has 0 unspecified atom stereocenters. The Kier molecular flexibility index (Phi) is 3.51. The molecule has 0 aliphatic heterocycles. The Labute approximate surface area is 103 Å². The first-order valence-electron chi connectivity index (χ1n) is 6.28. The molecule has 0 spiro atoms. The van der Waals surface area contributed by atoms with Crippen molar-refractivity contribution in [1.82, 2.24) is 4.98 Å². The molecule has 1 N–H and O–H groups in total. The zero-order valence-electron chi connectivity index (χ0n) is 10.8. The van der Waals surface area contributed by atoms with Crippen molar-refractivity contribution in [2.75, 3.05) is 0 Å². The van der Waals surface area contributed by atoms with E-state index in [1.165, 1.54) is 27.6 Å². The highest BCUT2D eigenvalue weighted by molar-refractivity contribution is 5.92. The summed E-state index contributed by atoms with van der Waals surface area (Å²) in [5.74, 6) is 0. The number of aromatic nitrogens is 1. The van der Waals surface area contributed by atoms with Crippen molar-refractivity contribution in [3.8, 4) is 0 Å². The van der Waals surface area contributed by atoms with E-state index in [1.54, 1.807) is 0 Å². The highest BCUT2D eigenvalue weighted by Gasteiger charge is 2.06. The Balaban J connectivity index is 2.63. The van der Waals surface area contributed by atoms with Gasteiger partial charge in [0.15, 0.2) is 0 Å². The molecule has 1 aromatic carbocycles. The van der Waals surface area contributed by atoms with Crippen molar-refractivity contribution in [2.24, 2.45) is 0 Å². The summed E-state index contributed by atoms with van der Waals surface area (Å²) in [6.07, 6.45) is 4.17. The van der Waals surface area contributed by atoms with Crippen LogP contribution in [0.5, 0.6) is 0 Å². The number of aromatic amines is 1. The molecule has 2 aromatic rings. The van der Waals surface area contributed by atoms with E-state index in [-0.39, 0.29) is 0 Å². The van der Waals surface area contributed by atoms with Gasteiger partial charge in [0.05, 0.1) is 0 Å². The fraction of sp³-hybridized carbons (Fsp3) is 0.312. The summed E-state index contributed by atoms with van der Waals surface area (Å²) in [7, 11) is 0. The molecule has 0 bridgehead atoms. The first kappa shape index (κ1) is 11.8. The minimum Gasteiger partial charge on any atom is -0.361 e. The maximum atomic E-state index is 3.52. The van der Waals surface area contributed by atoms with Gasteiger partial charge in [0.2, 0.25) is 0 Å². The molecule has 88 valence electrons. The standard InChI is InChI=1S/C16H19N/c1-4-12(3)10-13(5-2)15-11-17-16-9-7-6-8-14(15)16/h6-9,11,17H,4-5H2,1-3H3. The molecule has 0 atom stereocenters. The Morgan fingerprint density at radius 2 is 1.94 bits per heavy atom. The molecule has 0 amide bonds. The van der Waals surface area contributed by atoms with Crippen LogP contribution in [0.25, 0.3) is 16.5 Å². The molecule has 1 aromatic heterocycles. The second-order valence-electron chi connectivity index (χ2n) is 4.34. The number of rotatable bonds is 3. The maximum Gasteiger partial charge on any atom is 0.0460 e. The van der Waals surface area contributed by atoms with Gasteiger partial charge in [0.1, 0.15) is 0 Å². The van der Waals surface area contributed by atoms with Gasteiger partial charge in [-0.25, -0.2) is 0 Å². The Morgan fingerprint density at radius 1 is 1.18 bits per heavy atom. The van der Waals surface area contributed by atoms with Crippen LogP contribution >= 0.6 is 0 Å². The molecule has 1 heterocycles. The number of H-pyrrole nitrogens is 1. The Hall–Kier alpha value is -1.72. The van der Waals surface area contributed by atoms with Crippen LogP contribution in [0.3, 0.4) is 0 Å². The number of allylic oxidation sites excluding steroid dienone is 1. The van der Waals surface area contributed by atoms with E-state index in [1.807, 2.05) is 0 Å². The Morgan fingerprint density at radius 3 is 2.65 bits per heavy atom. The highest BCUT2D eigenvalue weighted by atomic mass is 14.7. The summed E-state index contributed by atoms with van der Waals surface area (Å²) in [6, 6.07) is 8.43. The van der Waals surface area contributed by atoms with Gasteiger partial charge in [-0.15, -0.1) is 5.73 Å². The lowest BCUT2D eigenvalue weighted by Crippen LogP contribution is -1.80. The number of hydrogen-bond acceptors (Lipinski definition) is 0. The lowest BCUT2D eigenvalue weighted by atomic mass is 10.0. The summed E-state index contributed by atoms with van der Waals surface area (Å²) in [6.45, 7) is 6.50. The van der Waals surface area contributed by atoms with Gasteiger partial charge in [-0.2, -0.15) is 0 Å². The van der Waals surface area contributed by atoms with Crippen molar-refractivity contribution in [1.29, 1.82) is 0 Å². The molecule has 1 nitrogen and oxygen atoms in total. The first-order chi connectivity index (χ1) is 8.26. The SMILES string of the molecule is CCC(C)=C=C(CC)c1c[nH]c2ccccc12. The molecule has 17 heavy (non-hydrogen) atoms. The lowest BCUT2D eigenvalue weighted by molar-refractivity contribution is 1.10. The summed E-state index contributed by atoms with van der Waals surface area (Å²) in [5, 5.41) is 1.29. The second kappa shape index (κ2) is 5.07. The minimum atomic E-state index is 1.01. The number of benzene rings is 1. The van der Waals surface area contributed by atoms with Crippen LogP contribution in [0, 0.1) is 0 Å². The predicted octanol–water partition coefficient (Wildman–Crippen LogP) is 4.92. The van der Waals surface area contributed by atoms with Crippen LogP contribution in [0.15, 0.2) is 41.8 Å². The van der Waals surface area contributed by atoms with E-state index in [0.717, 1.165) is 12.8 Å². The maximum absolute atomic E-state index is 3.52. The van der Waals surface area contributed by atoms with E-state index in [4.69, 9.17) is 0 Å². The molecule has 0 saturated carbocycles. The first-order valence-corrected chi connectivity index (χ1v) is 6.28. The molecule has 1 heteroatoms. The molecule has 2 rings (SSSR count). The van der Waals surface area contributed by atoms with Crippen molar-refractivity contribution < 1.29 is 0 Å². The lowest BCUT2D eigenvalue weighted by Gasteiger charge is -2.00. The molecule has 0 fully saturated rings. The molecule has 0 radical (unpaired) electrons. The summed E-state index contributed by atoms with van der Waals surface area (Å²) in [4.78, 5) is 3.32. The van der Waals surface area contributed by atoms with Gasteiger partial charge < -0.3 is 4.98 Å². The largest absolute Gasteiger partial charge is 0.361 e. The fourth-order valence-electron chi connectivity index (χ4n) is 2.01. The van der Waals surface area contributed by atoms with Gasteiger partial charge in [0, 0.05) is 28.2 Å². The smallest absolute Gasteiger partial charge is 0.0460 e. The van der Waals surface area contributed by atoms with Gasteiger partial charge in [-0.3, -0.25) is 0 Å². The van der Waals surface area contributed by atoms with E-state index in [9.17, 15) is 0 Å². The molecule has 0 aliphatic carbocycles. The second-order valence-corrected chi connectivity index (χ2v) is 4.34. The third-order valence-corrected chi connectivity index (χ3v) is 3.16. The van der Waals surface area contributed by atoms with Gasteiger partial charge in [0.25, 0.3) is 0 Å². The third-order valence-electron chi connectivity index (χ3n) is 3.16. The third kappa shape index (κ3) is 2.35. The summed E-state index contributed by atoms with van der Waals surface area (Å²) < 4.78 is 0. The van der Waals surface area contributed by atoms with Crippen molar-refractivity contribution in [3.63, 3.8) is 0 Å². The van der Waals surface area contributed by atoms with Crippen molar-refractivity contribution in [2.45, 2.75) is 33.6 Å². The van der Waals surface area contributed by atoms with Gasteiger partial charge in [-0.05, 0) is 31.4 Å². The fourth-order valence-corrected chi connectivity index (χ4v) is 2.01. The Bertz CT molecular complexity index is 580. The zero-order valence-corrected chi connectivity index (χ0v) is 10.8. The van der Waals surface area contributed by atoms with Crippen LogP contribution in [-0.4, -0.2) is 4.98 Å². The number of para-hydroxylation sites is 1. The van der Waals surface area contributed by atoms with Crippen LogP contribution in [-0.2, 0) is 0 Å². The normalized spacial score (nSPS) is 10.3. The van der Waals surface area contributed by atoms with Crippen molar-refractivity contribution in [3.05, 3.63) is 47.3 Å². The molecular weight excluding hydrogens is 206 g/mol. The summed E-state index contributed by atoms with van der Waals surface area (Å²) in [5.41, 5.74) is 8.62. The van der Waals surface area contributed by atoms with Crippen LogP contribution in [0.1, 0.15) is 39.2 Å². The van der Waals surface area contributed by atoms with E-state index < -0.39 is 0 Å². The molecule has 0 aliphatic rings. The van der Waals surface area contributed by atoms with E-state index in [0.29, 0.717) is 0 Å². The minimum absolute atomic E-state index is 1.01. The van der Waals surface area contributed by atoms with Gasteiger partial charge >= 0.3 is 0 Å². The van der Waals surface area contributed by atoms with Crippen LogP contribution in [0.4, 0.5) is 0 Å². The number of nitrogens with one attached hydrogen (secondary N) is 1. The zero-order chi connectivity index (χ0) is 12.3. The van der Waals surface area contributed by atoms with Crippen LogP contribution < -0.4 is 0 Å². The number of fused-ring (bicyclic) bond motifs is 1. The molecule has 0 saturated heterocycles. The average Bonchev–Trinajstić information content (AvgIpc) is 2.79. The average molecular weight is 225 g/mol. The van der Waals surface area contributed by atoms with Gasteiger partial charge in [-0.1, -0.05) is 32.0 Å². The predicted molar refractivity (Wildman–Crippen MR) is 75.0 cm³/mol. The topological polar surface area (TPSA) is 15.8 Å². The summed E-state index contributed by atoms with van der Waals surface area (Å²) >= 11 is 0. The quantitative estimate of drug-likeness (QED) is 0.714. The van der Waals surface area contributed by atoms with E-state index in [2.05, 4.69) is 61.9 Å². The highest BCUT2D eigenvalue weighted by Crippen LogP contribution is 2.26. The van der Waals surface area contributed by atoms with Crippen molar-refractivity contribution >= 4 is 16.5 Å². The monoisotopic (exact) mass is 225 g/mol. The number of hydrogen-bond donors (Lipinski definition) is 1. The molecular formula is C16H19N. The van der Waals surface area contributed by atoms with Crippen LogP contribution in [0.2, 0.25) is 0 Å². The van der Waals surface area contributed by atoms with E-state index >= 15 is 0 Å².